The van der Waals surface area contributed by atoms with Gasteiger partial charge in [0.05, 0.1) is 16.3 Å². The molecule has 180 valence electrons. The Labute approximate surface area is 209 Å². The second-order valence-corrected chi connectivity index (χ2v) is 10.2. The predicted molar refractivity (Wildman–Crippen MR) is 136 cm³/mol. The summed E-state index contributed by atoms with van der Waals surface area (Å²) in [6.07, 6.45) is 1.54. The molecule has 0 aliphatic rings. The van der Waals surface area contributed by atoms with E-state index < -0.39 is 26.6 Å². The molecule has 0 atom stereocenters. The Balaban J connectivity index is 1.59. The van der Waals surface area contributed by atoms with Crippen LogP contribution in [0.15, 0.2) is 90.0 Å². The third kappa shape index (κ3) is 4.66. The molecule has 2 aromatic heterocycles. The van der Waals surface area contributed by atoms with E-state index in [0.29, 0.717) is 21.8 Å². The molecular formula is C25H17F2N5O2S2. The zero-order chi connectivity index (χ0) is 25.3. The zero-order valence-electron chi connectivity index (χ0n) is 18.4. The molecule has 0 spiro atoms. The van der Waals surface area contributed by atoms with Crippen LogP contribution in [0.5, 0.6) is 0 Å². The number of nitrogen functional groups attached to an aromatic ring is 1. The summed E-state index contributed by atoms with van der Waals surface area (Å²) in [7, 11) is -4.53. The van der Waals surface area contributed by atoms with Crippen LogP contribution in [0, 0.1) is 11.6 Å². The van der Waals surface area contributed by atoms with Gasteiger partial charge < -0.3 is 5.73 Å². The first kappa shape index (κ1) is 23.5. The van der Waals surface area contributed by atoms with Gasteiger partial charge in [0.2, 0.25) is 5.95 Å². The Kier molecular flexibility index (Phi) is 6.17. The number of benzene rings is 3. The molecular weight excluding hydrogens is 504 g/mol. The first-order valence-corrected chi connectivity index (χ1v) is 12.8. The fraction of sp³-hybridized carbons (Fsp3) is 0. The van der Waals surface area contributed by atoms with Gasteiger partial charge in [-0.05, 0) is 30.3 Å². The van der Waals surface area contributed by atoms with Crippen LogP contribution in [0.4, 0.5) is 20.4 Å². The van der Waals surface area contributed by atoms with E-state index in [1.54, 1.807) is 18.2 Å². The highest BCUT2D eigenvalue weighted by Crippen LogP contribution is 2.40. The maximum absolute atomic E-state index is 14.1. The maximum atomic E-state index is 14.1. The van der Waals surface area contributed by atoms with Crippen LogP contribution in [-0.2, 0) is 10.0 Å². The molecule has 36 heavy (non-hydrogen) atoms. The van der Waals surface area contributed by atoms with Gasteiger partial charge in [0.15, 0.2) is 4.90 Å². The van der Waals surface area contributed by atoms with E-state index in [0.717, 1.165) is 28.8 Å². The molecule has 0 aliphatic carbocycles. The summed E-state index contributed by atoms with van der Waals surface area (Å²) in [6, 6.07) is 20.5. The molecule has 0 saturated heterocycles. The van der Waals surface area contributed by atoms with Gasteiger partial charge in [-0.3, -0.25) is 4.72 Å². The number of aromatic nitrogens is 3. The van der Waals surface area contributed by atoms with E-state index in [1.165, 1.54) is 29.7 Å². The van der Waals surface area contributed by atoms with Crippen LogP contribution in [0.25, 0.3) is 32.4 Å². The van der Waals surface area contributed by atoms with Crippen LogP contribution in [0.1, 0.15) is 0 Å². The van der Waals surface area contributed by atoms with Crippen molar-refractivity contribution in [3.05, 3.63) is 96.7 Å². The van der Waals surface area contributed by atoms with Crippen LogP contribution >= 0.6 is 11.3 Å². The molecule has 7 nitrogen and oxygen atoms in total. The Morgan fingerprint density at radius 3 is 2.25 bits per heavy atom. The monoisotopic (exact) mass is 521 g/mol. The van der Waals surface area contributed by atoms with Gasteiger partial charge in [-0.1, -0.05) is 48.5 Å². The van der Waals surface area contributed by atoms with Crippen molar-refractivity contribution in [1.29, 1.82) is 0 Å². The molecule has 3 aromatic carbocycles. The summed E-state index contributed by atoms with van der Waals surface area (Å²) in [6.45, 7) is 0. The Morgan fingerprint density at radius 2 is 1.53 bits per heavy atom. The minimum atomic E-state index is -4.53. The third-order valence-electron chi connectivity index (χ3n) is 5.13. The Morgan fingerprint density at radius 1 is 0.833 bits per heavy atom. The van der Waals surface area contributed by atoms with Crippen molar-refractivity contribution in [3.63, 3.8) is 0 Å². The zero-order valence-corrected chi connectivity index (χ0v) is 20.0. The highest BCUT2D eigenvalue weighted by molar-refractivity contribution is 7.92. The van der Waals surface area contributed by atoms with E-state index in [1.807, 2.05) is 30.3 Å². The van der Waals surface area contributed by atoms with Gasteiger partial charge in [-0.15, -0.1) is 11.3 Å². The lowest BCUT2D eigenvalue weighted by atomic mass is 10.1. The maximum Gasteiger partial charge on any atom is 0.267 e. The topological polar surface area (TPSA) is 111 Å². The van der Waals surface area contributed by atoms with Gasteiger partial charge >= 0.3 is 0 Å². The number of hydrogen-bond acceptors (Lipinski definition) is 7. The SMILES string of the molecule is Nc1nccc(-c2sc(-c3ccccc3)nc2-c2cccc(NS(=O)(=O)c3c(F)cccc3F)c2)n1. The standard InChI is InChI=1S/C25H17F2N5O2S2/c26-18-10-5-11-19(27)23(18)36(33,34)32-17-9-4-8-16(14-17)21-22(20-12-13-29-25(28)30-20)35-24(31-21)15-6-2-1-3-7-15/h1-14,32H,(H2,28,29,30). The van der Waals surface area contributed by atoms with Crippen molar-refractivity contribution in [2.24, 2.45) is 0 Å². The molecule has 5 aromatic rings. The molecule has 0 aliphatic heterocycles. The van der Waals surface area contributed by atoms with Crippen molar-refractivity contribution in [2.75, 3.05) is 10.5 Å². The van der Waals surface area contributed by atoms with Gasteiger partial charge in [0.1, 0.15) is 16.6 Å². The normalized spacial score (nSPS) is 11.4. The molecule has 5 rings (SSSR count). The molecule has 0 amide bonds. The minimum absolute atomic E-state index is 0.0986. The van der Waals surface area contributed by atoms with Crippen LogP contribution in [0.2, 0.25) is 0 Å². The number of halogens is 2. The second-order valence-electron chi connectivity index (χ2n) is 7.60. The molecule has 0 unspecified atom stereocenters. The van der Waals surface area contributed by atoms with Crippen molar-refractivity contribution in [3.8, 4) is 32.4 Å². The predicted octanol–water partition coefficient (Wildman–Crippen LogP) is 5.60. The van der Waals surface area contributed by atoms with Crippen LogP contribution < -0.4 is 10.5 Å². The number of nitrogens with zero attached hydrogens (tertiary/aromatic N) is 3. The van der Waals surface area contributed by atoms with Crippen molar-refractivity contribution in [2.45, 2.75) is 4.90 Å². The molecule has 0 saturated carbocycles. The van der Waals surface area contributed by atoms with E-state index >= 15 is 0 Å². The van der Waals surface area contributed by atoms with Gasteiger partial charge in [0, 0.05) is 23.0 Å². The van der Waals surface area contributed by atoms with E-state index in [9.17, 15) is 17.2 Å². The van der Waals surface area contributed by atoms with E-state index in [4.69, 9.17) is 10.7 Å². The summed E-state index contributed by atoms with van der Waals surface area (Å²) in [5.74, 6) is -2.27. The average Bonchev–Trinajstić information content (AvgIpc) is 3.30. The van der Waals surface area contributed by atoms with Crippen molar-refractivity contribution >= 4 is 33.0 Å². The molecule has 2 heterocycles. The van der Waals surface area contributed by atoms with Gasteiger partial charge in [0.25, 0.3) is 10.0 Å². The van der Waals surface area contributed by atoms with Gasteiger partial charge in [-0.25, -0.2) is 32.2 Å². The number of nitrogens with one attached hydrogen (secondary N) is 1. The Hall–Kier alpha value is -4.22. The second kappa shape index (κ2) is 9.44. The average molecular weight is 522 g/mol. The Bertz CT molecular complexity index is 1660. The lowest BCUT2D eigenvalue weighted by Gasteiger charge is -2.11. The summed E-state index contributed by atoms with van der Waals surface area (Å²) in [4.78, 5) is 12.7. The molecule has 0 fully saturated rings. The first-order valence-electron chi connectivity index (χ1n) is 10.5. The number of hydrogen-bond donors (Lipinski definition) is 2. The number of sulfonamides is 1. The quantitative estimate of drug-likeness (QED) is 0.301. The molecule has 0 radical (unpaired) electrons. The van der Waals surface area contributed by atoms with Crippen LogP contribution in [0.3, 0.4) is 0 Å². The summed E-state index contributed by atoms with van der Waals surface area (Å²) < 4.78 is 56.1. The van der Waals surface area contributed by atoms with Crippen molar-refractivity contribution in [1.82, 2.24) is 15.0 Å². The lowest BCUT2D eigenvalue weighted by molar-refractivity contribution is 0.521. The largest absolute Gasteiger partial charge is 0.368 e. The van der Waals surface area contributed by atoms with E-state index in [-0.39, 0.29) is 11.6 Å². The van der Waals surface area contributed by atoms with Gasteiger partial charge in [-0.2, -0.15) is 0 Å². The highest BCUT2D eigenvalue weighted by Gasteiger charge is 2.24. The molecule has 11 heteroatoms. The smallest absolute Gasteiger partial charge is 0.267 e. The molecule has 0 bridgehead atoms. The molecule has 3 N–H and O–H groups in total. The fourth-order valence-electron chi connectivity index (χ4n) is 3.57. The lowest BCUT2D eigenvalue weighted by Crippen LogP contribution is -2.16. The number of thiazole rings is 1. The highest BCUT2D eigenvalue weighted by atomic mass is 32.2. The van der Waals surface area contributed by atoms with E-state index in [2.05, 4.69) is 14.7 Å². The fourth-order valence-corrected chi connectivity index (χ4v) is 5.82. The van der Waals surface area contributed by atoms with Crippen molar-refractivity contribution < 1.29 is 17.2 Å². The van der Waals surface area contributed by atoms with Crippen LogP contribution in [-0.4, -0.2) is 23.4 Å². The first-order chi connectivity index (χ1) is 17.3. The minimum Gasteiger partial charge on any atom is -0.368 e. The number of rotatable bonds is 6. The summed E-state index contributed by atoms with van der Waals surface area (Å²) in [5.41, 5.74) is 8.46. The summed E-state index contributed by atoms with van der Waals surface area (Å²) >= 11 is 1.39. The number of nitrogens with two attached hydrogens (primary N) is 1. The third-order valence-corrected chi connectivity index (χ3v) is 7.69. The number of anilines is 2. The summed E-state index contributed by atoms with van der Waals surface area (Å²) in [5, 5.41) is 0.720.